The summed E-state index contributed by atoms with van der Waals surface area (Å²) in [6.07, 6.45) is 52.7. The van der Waals surface area contributed by atoms with Gasteiger partial charge in [-0.15, -0.1) is 0 Å². The number of unbranched alkanes of at least 4 members (excludes halogenated alkanes) is 40. The molecule has 0 aromatic carbocycles. The van der Waals surface area contributed by atoms with E-state index in [1.165, 1.54) is 193 Å². The topological polar surface area (TPSA) is 237 Å². The molecule has 17 nitrogen and oxygen atoms in total. The number of hydrogen-bond donors (Lipinski definition) is 3. The van der Waals surface area contributed by atoms with Crippen molar-refractivity contribution in [3.8, 4) is 0 Å². The number of esters is 4. The van der Waals surface area contributed by atoms with Crippen molar-refractivity contribution in [1.82, 2.24) is 0 Å². The monoisotopic (exact) mass is 1420 g/mol. The molecule has 0 saturated carbocycles. The number of carbonyl (C=O) groups is 4. The van der Waals surface area contributed by atoms with E-state index in [0.717, 1.165) is 114 Å². The van der Waals surface area contributed by atoms with Gasteiger partial charge in [0.25, 0.3) is 0 Å². The van der Waals surface area contributed by atoms with Gasteiger partial charge in [-0.25, -0.2) is 9.13 Å². The van der Waals surface area contributed by atoms with Gasteiger partial charge in [-0.3, -0.25) is 37.3 Å². The zero-order chi connectivity index (χ0) is 71.7. The lowest BCUT2D eigenvalue weighted by Gasteiger charge is -2.21. The third-order valence-electron chi connectivity index (χ3n) is 18.4. The van der Waals surface area contributed by atoms with Gasteiger partial charge in [0.2, 0.25) is 0 Å². The molecule has 3 N–H and O–H groups in total. The predicted octanol–water partition coefficient (Wildman–Crippen LogP) is 22.8. The molecule has 4 unspecified atom stereocenters. The summed E-state index contributed by atoms with van der Waals surface area (Å²) in [4.78, 5) is 72.9. The molecule has 97 heavy (non-hydrogen) atoms. The number of hydrogen-bond acceptors (Lipinski definition) is 15. The molecule has 0 radical (unpaired) electrons. The van der Waals surface area contributed by atoms with Crippen LogP contribution in [0.25, 0.3) is 0 Å². The third kappa shape index (κ3) is 70.9. The molecular formula is C78H152O17P2. The van der Waals surface area contributed by atoms with Gasteiger partial charge < -0.3 is 33.8 Å². The van der Waals surface area contributed by atoms with E-state index in [4.69, 9.17) is 37.0 Å². The Kier molecular flexibility index (Phi) is 65.9. The smallest absolute Gasteiger partial charge is 0.462 e. The Labute approximate surface area is 594 Å². The largest absolute Gasteiger partial charge is 0.472 e. The quantitative estimate of drug-likeness (QED) is 0.0222. The molecule has 0 aromatic heterocycles. The van der Waals surface area contributed by atoms with Gasteiger partial charge in [0.1, 0.15) is 19.3 Å². The van der Waals surface area contributed by atoms with E-state index in [0.29, 0.717) is 31.6 Å². The standard InChI is InChI=1S/C78H152O17P2/c1-9-71(8)57-49-41-33-25-19-15-11-13-17-21-27-36-45-53-61-78(83)95-74(65-89-76(81)59-51-43-37-29-32-40-48-56-70(6)7)67-93-97(86,87)91-63-72(79)62-90-96(84,85)92-66-73(64-88-75(80)58-50-42-34-28-22-24-31-39-47-55-69(4)5)94-77(82)60-52-44-35-26-20-16-12-10-14-18-23-30-38-46-54-68(2)3/h68-74,79H,9-67H2,1-8H3,(H,84,85)(H,86,87)/t71?,72?,73-,74-/m1/s1. The van der Waals surface area contributed by atoms with Gasteiger partial charge in [0.05, 0.1) is 26.4 Å². The molecule has 0 bridgehead atoms. The molecule has 0 aliphatic rings. The molecule has 0 aliphatic heterocycles. The zero-order valence-electron chi connectivity index (χ0n) is 63.7. The summed E-state index contributed by atoms with van der Waals surface area (Å²) in [5, 5.41) is 10.6. The van der Waals surface area contributed by atoms with E-state index in [1.807, 2.05) is 0 Å². The van der Waals surface area contributed by atoms with Crippen molar-refractivity contribution in [2.45, 2.75) is 414 Å². The molecule has 0 aliphatic carbocycles. The van der Waals surface area contributed by atoms with E-state index in [1.54, 1.807) is 0 Å². The van der Waals surface area contributed by atoms with E-state index in [9.17, 15) is 43.2 Å². The SMILES string of the molecule is CCC(C)CCCCCCCCCCCCCCCCC(=O)O[C@H](COC(=O)CCCCCCCCCC(C)C)COP(=O)(O)OCC(O)COP(=O)(O)OC[C@@H](COC(=O)CCCCCCCCCCCC(C)C)OC(=O)CCCCCCCCCCCCCCCCC(C)C. The van der Waals surface area contributed by atoms with Crippen LogP contribution in [0.15, 0.2) is 0 Å². The number of aliphatic hydroxyl groups excluding tert-OH is 1. The van der Waals surface area contributed by atoms with Gasteiger partial charge in [-0.05, 0) is 49.4 Å². The van der Waals surface area contributed by atoms with Crippen LogP contribution in [0.1, 0.15) is 396 Å². The van der Waals surface area contributed by atoms with Gasteiger partial charge in [0, 0.05) is 25.7 Å². The lowest BCUT2D eigenvalue weighted by atomic mass is 9.99. The molecule has 0 saturated heterocycles. The highest BCUT2D eigenvalue weighted by Gasteiger charge is 2.30. The summed E-state index contributed by atoms with van der Waals surface area (Å²) in [5.41, 5.74) is 0. The summed E-state index contributed by atoms with van der Waals surface area (Å²) in [5.74, 6) is 0.971. The van der Waals surface area contributed by atoms with Crippen LogP contribution in [0.4, 0.5) is 0 Å². The molecule has 0 rings (SSSR count). The Morgan fingerprint density at radius 1 is 0.289 bits per heavy atom. The average Bonchev–Trinajstić information content (AvgIpc) is 1.36. The van der Waals surface area contributed by atoms with E-state index < -0.39 is 97.5 Å². The van der Waals surface area contributed by atoms with Gasteiger partial charge in [-0.1, -0.05) is 344 Å². The molecule has 0 amide bonds. The molecular weight excluding hydrogens is 1270 g/mol. The Hall–Kier alpha value is -1.94. The van der Waals surface area contributed by atoms with Crippen LogP contribution in [0.2, 0.25) is 0 Å². The maximum absolute atomic E-state index is 13.1. The lowest BCUT2D eigenvalue weighted by molar-refractivity contribution is -0.161. The van der Waals surface area contributed by atoms with Crippen LogP contribution in [-0.4, -0.2) is 96.7 Å². The van der Waals surface area contributed by atoms with Crippen LogP contribution in [0.5, 0.6) is 0 Å². The second-order valence-electron chi connectivity index (χ2n) is 29.8. The Morgan fingerprint density at radius 3 is 0.732 bits per heavy atom. The highest BCUT2D eigenvalue weighted by Crippen LogP contribution is 2.45. The number of phosphoric acid groups is 2. The van der Waals surface area contributed by atoms with Gasteiger partial charge in [0.15, 0.2) is 12.2 Å². The number of ether oxygens (including phenoxy) is 4. The van der Waals surface area contributed by atoms with Crippen LogP contribution in [-0.2, 0) is 65.4 Å². The van der Waals surface area contributed by atoms with Crippen molar-refractivity contribution in [3.63, 3.8) is 0 Å². The summed E-state index contributed by atoms with van der Waals surface area (Å²) in [6, 6.07) is 0. The van der Waals surface area contributed by atoms with Crippen molar-refractivity contribution in [3.05, 3.63) is 0 Å². The van der Waals surface area contributed by atoms with Gasteiger partial charge >= 0.3 is 39.5 Å². The molecule has 0 fully saturated rings. The third-order valence-corrected chi connectivity index (χ3v) is 20.3. The lowest BCUT2D eigenvalue weighted by Crippen LogP contribution is -2.30. The van der Waals surface area contributed by atoms with Crippen molar-refractivity contribution in [2.75, 3.05) is 39.6 Å². The Bertz CT molecular complexity index is 1900. The predicted molar refractivity (Wildman–Crippen MR) is 395 cm³/mol. The minimum atomic E-state index is -4.96. The van der Waals surface area contributed by atoms with Crippen LogP contribution < -0.4 is 0 Å². The fourth-order valence-electron chi connectivity index (χ4n) is 11.9. The Balaban J connectivity index is 5.23. The average molecular weight is 1420 g/mol. The van der Waals surface area contributed by atoms with Crippen LogP contribution in [0.3, 0.4) is 0 Å². The first kappa shape index (κ1) is 95.1. The van der Waals surface area contributed by atoms with Crippen molar-refractivity contribution in [1.29, 1.82) is 0 Å². The first-order chi connectivity index (χ1) is 46.6. The fraction of sp³-hybridized carbons (Fsp3) is 0.949. The highest BCUT2D eigenvalue weighted by molar-refractivity contribution is 7.47. The van der Waals surface area contributed by atoms with Gasteiger partial charge in [-0.2, -0.15) is 0 Å². The van der Waals surface area contributed by atoms with Crippen molar-refractivity contribution < 1.29 is 80.2 Å². The number of phosphoric ester groups is 2. The van der Waals surface area contributed by atoms with E-state index in [-0.39, 0.29) is 25.7 Å². The van der Waals surface area contributed by atoms with E-state index >= 15 is 0 Å². The first-order valence-corrected chi connectivity index (χ1v) is 43.2. The summed E-state index contributed by atoms with van der Waals surface area (Å²) >= 11 is 0. The second-order valence-corrected chi connectivity index (χ2v) is 32.7. The molecule has 6 atom stereocenters. The van der Waals surface area contributed by atoms with Crippen LogP contribution in [0, 0.1) is 23.7 Å². The summed E-state index contributed by atoms with van der Waals surface area (Å²) in [7, 11) is -9.92. The maximum atomic E-state index is 13.1. The van der Waals surface area contributed by atoms with Crippen molar-refractivity contribution in [2.24, 2.45) is 23.7 Å². The normalized spacial score (nSPS) is 14.4. The summed E-state index contributed by atoms with van der Waals surface area (Å²) < 4.78 is 68.6. The second kappa shape index (κ2) is 67.2. The molecule has 0 spiro atoms. The molecule has 0 aromatic rings. The molecule has 576 valence electrons. The highest BCUT2D eigenvalue weighted by atomic mass is 31.2. The molecule has 0 heterocycles. The zero-order valence-corrected chi connectivity index (χ0v) is 65.5. The Morgan fingerprint density at radius 2 is 0.495 bits per heavy atom. The van der Waals surface area contributed by atoms with Crippen molar-refractivity contribution >= 4 is 39.5 Å². The minimum Gasteiger partial charge on any atom is -0.462 e. The first-order valence-electron chi connectivity index (χ1n) is 40.2. The minimum absolute atomic E-state index is 0.106. The number of rotatable bonds is 75. The number of aliphatic hydroxyl groups is 1. The number of carbonyl (C=O) groups excluding carboxylic acids is 4. The molecule has 19 heteroatoms. The summed E-state index contributed by atoms with van der Waals surface area (Å²) in [6.45, 7) is 14.2. The van der Waals surface area contributed by atoms with Crippen LogP contribution >= 0.6 is 15.6 Å². The van der Waals surface area contributed by atoms with E-state index in [2.05, 4.69) is 55.4 Å². The fourth-order valence-corrected chi connectivity index (χ4v) is 13.5. The maximum Gasteiger partial charge on any atom is 0.472 e.